The van der Waals surface area contributed by atoms with Crippen molar-refractivity contribution in [3.63, 3.8) is 0 Å². The van der Waals surface area contributed by atoms with Gasteiger partial charge in [-0.25, -0.2) is 0 Å². The smallest absolute Gasteiger partial charge is 0.316 e. The van der Waals surface area contributed by atoms with Crippen molar-refractivity contribution in [3.8, 4) is 0 Å². The molecule has 0 aromatic rings. The zero-order valence-corrected chi connectivity index (χ0v) is 8.47. The zero-order valence-electron chi connectivity index (χ0n) is 7.72. The fourth-order valence-electron chi connectivity index (χ4n) is 1.76. The normalized spacial score (nSPS) is 30.4. The molecule has 1 heterocycles. The summed E-state index contributed by atoms with van der Waals surface area (Å²) in [6, 6.07) is 0.331. The molecule has 0 aromatic carbocycles. The largest absolute Gasteiger partial charge is 0.326 e. The molecular formula is C9H16ClNO. The van der Waals surface area contributed by atoms with E-state index in [4.69, 9.17) is 11.6 Å². The van der Waals surface area contributed by atoms with E-state index in [1.54, 1.807) is 4.90 Å². The molecule has 12 heavy (non-hydrogen) atoms. The van der Waals surface area contributed by atoms with Gasteiger partial charge in [-0.2, -0.15) is 0 Å². The monoisotopic (exact) mass is 189 g/mol. The number of likely N-dealkylation sites (tertiary alicyclic amines) is 1. The molecule has 1 fully saturated rings. The predicted octanol–water partition coefficient (Wildman–Crippen LogP) is 2.86. The van der Waals surface area contributed by atoms with Crippen molar-refractivity contribution in [2.75, 3.05) is 6.54 Å². The van der Waals surface area contributed by atoms with Crippen LogP contribution in [0, 0.1) is 5.92 Å². The molecular weight excluding hydrogens is 174 g/mol. The number of rotatable bonds is 1. The number of hydrogen-bond acceptors (Lipinski definition) is 1. The Balaban J connectivity index is 2.53. The second kappa shape index (κ2) is 4.13. The van der Waals surface area contributed by atoms with E-state index < -0.39 is 0 Å². The van der Waals surface area contributed by atoms with Gasteiger partial charge in [0.2, 0.25) is 0 Å². The maximum Gasteiger partial charge on any atom is 0.316 e. The molecule has 2 unspecified atom stereocenters. The molecule has 0 aromatic heterocycles. The topological polar surface area (TPSA) is 20.3 Å². The first kappa shape index (κ1) is 9.85. The van der Waals surface area contributed by atoms with Gasteiger partial charge in [-0.1, -0.05) is 13.3 Å². The Hall–Kier alpha value is -0.240. The van der Waals surface area contributed by atoms with Gasteiger partial charge >= 0.3 is 5.37 Å². The average Bonchev–Trinajstić information content (AvgIpc) is 2.05. The number of hydrogen-bond donors (Lipinski definition) is 0. The van der Waals surface area contributed by atoms with Crippen molar-refractivity contribution >= 4 is 17.0 Å². The lowest BCUT2D eigenvalue weighted by molar-refractivity contribution is 0.148. The van der Waals surface area contributed by atoms with Gasteiger partial charge in [0.25, 0.3) is 0 Å². The van der Waals surface area contributed by atoms with Gasteiger partial charge < -0.3 is 4.90 Å². The third-order valence-electron chi connectivity index (χ3n) is 2.78. The van der Waals surface area contributed by atoms with Crippen LogP contribution < -0.4 is 0 Å². The van der Waals surface area contributed by atoms with E-state index in [0.29, 0.717) is 12.0 Å². The van der Waals surface area contributed by atoms with Crippen LogP contribution in [0.1, 0.15) is 33.1 Å². The minimum absolute atomic E-state index is 0.291. The van der Waals surface area contributed by atoms with Crippen molar-refractivity contribution in [3.05, 3.63) is 0 Å². The summed E-state index contributed by atoms with van der Waals surface area (Å²) in [7, 11) is 0. The number of amides is 1. The SMILES string of the molecule is CCC1CCC(C)N(C(=O)Cl)C1. The number of halogens is 1. The first-order valence-corrected chi connectivity index (χ1v) is 4.99. The van der Waals surface area contributed by atoms with Crippen molar-refractivity contribution < 1.29 is 4.79 Å². The molecule has 2 atom stereocenters. The fourth-order valence-corrected chi connectivity index (χ4v) is 2.00. The molecule has 0 bridgehead atoms. The third kappa shape index (κ3) is 2.13. The minimum Gasteiger partial charge on any atom is -0.326 e. The summed E-state index contributed by atoms with van der Waals surface area (Å²) in [5, 5.41) is -0.291. The molecule has 3 heteroatoms. The standard InChI is InChI=1S/C9H16ClNO/c1-3-8-5-4-7(2)11(6-8)9(10)12/h7-8H,3-6H2,1-2H3. The summed E-state index contributed by atoms with van der Waals surface area (Å²) in [6.07, 6.45) is 3.47. The van der Waals surface area contributed by atoms with Crippen molar-refractivity contribution in [1.82, 2.24) is 4.90 Å². The second-order valence-electron chi connectivity index (χ2n) is 3.61. The van der Waals surface area contributed by atoms with Gasteiger partial charge in [0, 0.05) is 12.6 Å². The molecule has 0 radical (unpaired) electrons. The Labute approximate surface area is 78.9 Å². The van der Waals surface area contributed by atoms with Gasteiger partial charge in [0.1, 0.15) is 0 Å². The van der Waals surface area contributed by atoms with Crippen LogP contribution in [-0.4, -0.2) is 22.9 Å². The zero-order chi connectivity index (χ0) is 9.14. The third-order valence-corrected chi connectivity index (χ3v) is 3.00. The molecule has 1 aliphatic heterocycles. The van der Waals surface area contributed by atoms with E-state index in [0.717, 1.165) is 19.4 Å². The number of piperidine rings is 1. The maximum atomic E-state index is 11.0. The number of nitrogens with zero attached hydrogens (tertiary/aromatic N) is 1. The van der Waals surface area contributed by atoms with Crippen LogP contribution in [0.3, 0.4) is 0 Å². The molecule has 1 rings (SSSR count). The highest BCUT2D eigenvalue weighted by Gasteiger charge is 2.26. The van der Waals surface area contributed by atoms with Gasteiger partial charge in [-0.3, -0.25) is 4.79 Å². The van der Waals surface area contributed by atoms with E-state index in [1.165, 1.54) is 6.42 Å². The highest BCUT2D eigenvalue weighted by atomic mass is 35.5. The van der Waals surface area contributed by atoms with Crippen molar-refractivity contribution in [2.45, 2.75) is 39.2 Å². The van der Waals surface area contributed by atoms with Crippen LogP contribution in [-0.2, 0) is 0 Å². The first-order valence-electron chi connectivity index (χ1n) is 4.61. The second-order valence-corrected chi connectivity index (χ2v) is 3.93. The Morgan fingerprint density at radius 3 is 2.75 bits per heavy atom. The summed E-state index contributed by atoms with van der Waals surface area (Å²) in [6.45, 7) is 5.07. The lowest BCUT2D eigenvalue weighted by Crippen LogP contribution is -2.42. The number of carbonyl (C=O) groups is 1. The maximum absolute atomic E-state index is 11.0. The van der Waals surface area contributed by atoms with E-state index in [9.17, 15) is 4.79 Å². The number of carbonyl (C=O) groups excluding carboxylic acids is 1. The van der Waals surface area contributed by atoms with E-state index in [1.807, 2.05) is 0 Å². The molecule has 1 amide bonds. The lowest BCUT2D eigenvalue weighted by Gasteiger charge is -2.36. The predicted molar refractivity (Wildman–Crippen MR) is 50.4 cm³/mol. The fraction of sp³-hybridized carbons (Fsp3) is 0.889. The van der Waals surface area contributed by atoms with Crippen LogP contribution >= 0.6 is 11.6 Å². The van der Waals surface area contributed by atoms with Gasteiger partial charge in [-0.15, -0.1) is 0 Å². The molecule has 1 aliphatic rings. The molecule has 2 nitrogen and oxygen atoms in total. The lowest BCUT2D eigenvalue weighted by atomic mass is 9.92. The molecule has 0 N–H and O–H groups in total. The first-order chi connectivity index (χ1) is 5.65. The van der Waals surface area contributed by atoms with E-state index >= 15 is 0 Å². The minimum atomic E-state index is -0.291. The van der Waals surface area contributed by atoms with Crippen LogP contribution in [0.25, 0.3) is 0 Å². The summed E-state index contributed by atoms with van der Waals surface area (Å²) >= 11 is 5.46. The van der Waals surface area contributed by atoms with Crippen LogP contribution in [0.15, 0.2) is 0 Å². The van der Waals surface area contributed by atoms with Crippen molar-refractivity contribution in [2.24, 2.45) is 5.92 Å². The Morgan fingerprint density at radius 2 is 2.25 bits per heavy atom. The van der Waals surface area contributed by atoms with Crippen LogP contribution in [0.4, 0.5) is 4.79 Å². The van der Waals surface area contributed by atoms with E-state index in [-0.39, 0.29) is 5.37 Å². The van der Waals surface area contributed by atoms with Crippen LogP contribution in [0.5, 0.6) is 0 Å². The molecule has 0 saturated carbocycles. The Bertz CT molecular complexity index is 172. The Morgan fingerprint density at radius 1 is 1.58 bits per heavy atom. The average molecular weight is 190 g/mol. The summed E-state index contributed by atoms with van der Waals surface area (Å²) in [4.78, 5) is 12.7. The molecule has 0 aliphatic carbocycles. The van der Waals surface area contributed by atoms with Gasteiger partial charge in [-0.05, 0) is 37.3 Å². The van der Waals surface area contributed by atoms with Crippen molar-refractivity contribution in [1.29, 1.82) is 0 Å². The summed E-state index contributed by atoms with van der Waals surface area (Å²) < 4.78 is 0. The molecule has 1 saturated heterocycles. The summed E-state index contributed by atoms with van der Waals surface area (Å²) in [5.41, 5.74) is 0. The highest BCUT2D eigenvalue weighted by molar-refractivity contribution is 6.62. The van der Waals surface area contributed by atoms with Gasteiger partial charge in [0.05, 0.1) is 0 Å². The van der Waals surface area contributed by atoms with E-state index in [2.05, 4.69) is 13.8 Å². The summed E-state index contributed by atoms with van der Waals surface area (Å²) in [5.74, 6) is 0.656. The Kier molecular flexibility index (Phi) is 3.39. The van der Waals surface area contributed by atoms with Crippen LogP contribution in [0.2, 0.25) is 0 Å². The molecule has 0 spiro atoms. The molecule has 70 valence electrons. The quantitative estimate of drug-likeness (QED) is 0.459. The highest BCUT2D eigenvalue weighted by Crippen LogP contribution is 2.24. The van der Waals surface area contributed by atoms with Gasteiger partial charge in [0.15, 0.2) is 0 Å².